The summed E-state index contributed by atoms with van der Waals surface area (Å²) in [4.78, 5) is 9.14. The summed E-state index contributed by atoms with van der Waals surface area (Å²) in [7, 11) is 0. The van der Waals surface area contributed by atoms with Gasteiger partial charge in [0.15, 0.2) is 5.96 Å². The molecule has 0 aliphatic carbocycles. The van der Waals surface area contributed by atoms with Gasteiger partial charge in [-0.05, 0) is 6.92 Å². The van der Waals surface area contributed by atoms with E-state index < -0.39 is 12.0 Å². The zero-order valence-corrected chi connectivity index (χ0v) is 13.6. The molecule has 0 saturated carbocycles. The summed E-state index contributed by atoms with van der Waals surface area (Å²) in [5.41, 5.74) is 5.79. The maximum atomic E-state index is 12.3. The number of rotatable bonds is 2. The second-order valence-corrected chi connectivity index (χ2v) is 4.41. The molecule has 1 atom stereocenters. The van der Waals surface area contributed by atoms with E-state index in [1.54, 1.807) is 0 Å². The van der Waals surface area contributed by atoms with Gasteiger partial charge in [0.25, 0.3) is 5.82 Å². The summed E-state index contributed by atoms with van der Waals surface area (Å²) >= 11 is 0. The highest BCUT2D eigenvalue weighted by Gasteiger charge is 2.35. The molecule has 0 spiro atoms. The summed E-state index contributed by atoms with van der Waals surface area (Å²) in [5, 5.41) is 5.28. The van der Waals surface area contributed by atoms with Crippen LogP contribution in [0.25, 0.3) is 0 Å². The van der Waals surface area contributed by atoms with E-state index in [1.807, 2.05) is 11.8 Å². The predicted octanol–water partition coefficient (Wildman–Crippen LogP) is 0.977. The van der Waals surface area contributed by atoms with E-state index in [4.69, 9.17) is 10.5 Å². The molecule has 0 aromatic carbocycles. The van der Waals surface area contributed by atoms with Crippen LogP contribution in [0.3, 0.4) is 0 Å². The quantitative estimate of drug-likeness (QED) is 0.423. The van der Waals surface area contributed by atoms with E-state index in [0.29, 0.717) is 19.7 Å². The molecule has 11 heteroatoms. The smallest absolute Gasteiger partial charge is 0.375 e. The van der Waals surface area contributed by atoms with Crippen molar-refractivity contribution in [3.05, 3.63) is 11.6 Å². The highest BCUT2D eigenvalue weighted by Crippen LogP contribution is 2.25. The number of guanidine groups is 1. The van der Waals surface area contributed by atoms with Crippen LogP contribution in [0.2, 0.25) is 0 Å². The summed E-state index contributed by atoms with van der Waals surface area (Å²) < 4.78 is 42.3. The van der Waals surface area contributed by atoms with Gasteiger partial charge in [-0.1, -0.05) is 0 Å². The largest absolute Gasteiger partial charge is 0.453 e. The highest BCUT2D eigenvalue weighted by atomic mass is 127. The van der Waals surface area contributed by atoms with Gasteiger partial charge in [0.2, 0.25) is 0 Å². The highest BCUT2D eigenvalue weighted by molar-refractivity contribution is 14.0. The Bertz CT molecular complexity index is 491. The van der Waals surface area contributed by atoms with Crippen molar-refractivity contribution in [1.29, 1.82) is 0 Å². The van der Waals surface area contributed by atoms with E-state index in [0.717, 1.165) is 0 Å². The molecule has 21 heavy (non-hydrogen) atoms. The maximum Gasteiger partial charge on any atom is 0.453 e. The molecule has 1 aromatic heterocycles. The summed E-state index contributed by atoms with van der Waals surface area (Å²) in [5.74, 6) is -0.937. The minimum absolute atomic E-state index is 0. The van der Waals surface area contributed by atoms with Crippen LogP contribution >= 0.6 is 24.0 Å². The SMILES string of the molecule is CC1CN(C(N)=NCc2nc(C(F)(F)F)n[nH]2)CCO1.I. The minimum atomic E-state index is -4.57. The van der Waals surface area contributed by atoms with Crippen molar-refractivity contribution in [3.8, 4) is 0 Å². The summed E-state index contributed by atoms with van der Waals surface area (Å²) in [6.07, 6.45) is -4.52. The molecule has 2 rings (SSSR count). The first kappa shape index (κ1) is 17.9. The van der Waals surface area contributed by atoms with Crippen molar-refractivity contribution in [2.24, 2.45) is 10.7 Å². The normalized spacial score (nSPS) is 20.3. The monoisotopic (exact) mass is 420 g/mol. The van der Waals surface area contributed by atoms with Crippen molar-refractivity contribution in [3.63, 3.8) is 0 Å². The molecule has 0 bridgehead atoms. The molecular formula is C10H16F3IN6O. The molecule has 1 aliphatic heterocycles. The lowest BCUT2D eigenvalue weighted by Crippen LogP contribution is -2.47. The number of ether oxygens (including phenoxy) is 1. The first-order chi connectivity index (χ1) is 9.36. The van der Waals surface area contributed by atoms with Crippen LogP contribution in [0.5, 0.6) is 0 Å². The molecule has 1 aliphatic rings. The third-order valence-corrected chi connectivity index (χ3v) is 2.74. The van der Waals surface area contributed by atoms with Crippen LogP contribution < -0.4 is 5.73 Å². The van der Waals surface area contributed by atoms with E-state index >= 15 is 0 Å². The Labute approximate surface area is 136 Å². The molecule has 0 radical (unpaired) electrons. The Hall–Kier alpha value is -1.11. The Morgan fingerprint density at radius 1 is 1.57 bits per heavy atom. The zero-order chi connectivity index (χ0) is 14.8. The van der Waals surface area contributed by atoms with Gasteiger partial charge in [-0.15, -0.1) is 29.1 Å². The average Bonchev–Trinajstić information content (AvgIpc) is 2.84. The predicted molar refractivity (Wildman–Crippen MR) is 79.1 cm³/mol. The van der Waals surface area contributed by atoms with E-state index in [1.165, 1.54) is 0 Å². The van der Waals surface area contributed by atoms with Gasteiger partial charge >= 0.3 is 6.18 Å². The lowest BCUT2D eigenvalue weighted by molar-refractivity contribution is -0.144. The number of hydrogen-bond donors (Lipinski definition) is 2. The molecule has 2 heterocycles. The molecule has 1 aromatic rings. The lowest BCUT2D eigenvalue weighted by atomic mass is 10.3. The molecule has 120 valence electrons. The minimum Gasteiger partial charge on any atom is -0.375 e. The van der Waals surface area contributed by atoms with Gasteiger partial charge in [-0.25, -0.2) is 9.98 Å². The fraction of sp³-hybridized carbons (Fsp3) is 0.700. The lowest BCUT2D eigenvalue weighted by Gasteiger charge is -2.31. The molecule has 7 nitrogen and oxygen atoms in total. The van der Waals surface area contributed by atoms with Gasteiger partial charge in [0.05, 0.1) is 12.7 Å². The average molecular weight is 420 g/mol. The number of nitrogens with one attached hydrogen (secondary N) is 1. The number of morpholine rings is 1. The summed E-state index contributed by atoms with van der Waals surface area (Å²) in [6.45, 7) is 3.56. The van der Waals surface area contributed by atoms with E-state index in [9.17, 15) is 13.2 Å². The number of halogens is 4. The molecule has 3 N–H and O–H groups in total. The van der Waals surface area contributed by atoms with E-state index in [2.05, 4.69) is 20.2 Å². The van der Waals surface area contributed by atoms with Crippen LogP contribution in [-0.2, 0) is 17.5 Å². The second kappa shape index (κ2) is 7.24. The number of aliphatic imine (C=N–C) groups is 1. The molecule has 0 amide bonds. The summed E-state index contributed by atoms with van der Waals surface area (Å²) in [6, 6.07) is 0. The molecular weight excluding hydrogens is 404 g/mol. The third-order valence-electron chi connectivity index (χ3n) is 2.74. The standard InChI is InChI=1S/C10H15F3N6O.HI/c1-6-5-19(2-3-20-6)9(14)15-4-7-16-8(18-17-7)10(11,12)13;/h6H,2-5H2,1H3,(H2,14,15)(H,16,17,18);1H. The van der Waals surface area contributed by atoms with Crippen LogP contribution in [0, 0.1) is 0 Å². The fourth-order valence-electron chi connectivity index (χ4n) is 1.78. The van der Waals surface area contributed by atoms with Gasteiger partial charge < -0.3 is 15.4 Å². The van der Waals surface area contributed by atoms with Gasteiger partial charge in [-0.3, -0.25) is 5.10 Å². The van der Waals surface area contributed by atoms with Crippen molar-refractivity contribution in [1.82, 2.24) is 20.1 Å². The van der Waals surface area contributed by atoms with Gasteiger partial charge in [0, 0.05) is 13.1 Å². The Kier molecular flexibility index (Phi) is 6.19. The van der Waals surface area contributed by atoms with Crippen molar-refractivity contribution < 1.29 is 17.9 Å². The van der Waals surface area contributed by atoms with Crippen LogP contribution in [0.4, 0.5) is 13.2 Å². The number of alkyl halides is 3. The Balaban J connectivity index is 0.00000220. The Morgan fingerprint density at radius 3 is 2.86 bits per heavy atom. The van der Waals surface area contributed by atoms with Crippen molar-refractivity contribution >= 4 is 29.9 Å². The fourth-order valence-corrected chi connectivity index (χ4v) is 1.78. The first-order valence-electron chi connectivity index (χ1n) is 6.01. The first-order valence-corrected chi connectivity index (χ1v) is 6.01. The number of aromatic nitrogens is 3. The third kappa shape index (κ3) is 4.98. The number of nitrogens with two attached hydrogens (primary N) is 1. The number of nitrogens with zero attached hydrogens (tertiary/aromatic N) is 4. The second-order valence-electron chi connectivity index (χ2n) is 4.41. The van der Waals surface area contributed by atoms with E-state index in [-0.39, 0.29) is 48.4 Å². The number of aromatic amines is 1. The molecule has 1 unspecified atom stereocenters. The number of hydrogen-bond acceptors (Lipinski definition) is 4. The number of H-pyrrole nitrogens is 1. The Morgan fingerprint density at radius 2 is 2.29 bits per heavy atom. The van der Waals surface area contributed by atoms with Crippen molar-refractivity contribution in [2.45, 2.75) is 25.7 Å². The van der Waals surface area contributed by atoms with Crippen LogP contribution in [0.1, 0.15) is 18.6 Å². The zero-order valence-electron chi connectivity index (χ0n) is 11.2. The molecule has 1 fully saturated rings. The van der Waals surface area contributed by atoms with Crippen LogP contribution in [-0.4, -0.2) is 51.8 Å². The van der Waals surface area contributed by atoms with Crippen LogP contribution in [0.15, 0.2) is 4.99 Å². The topological polar surface area (TPSA) is 92.4 Å². The van der Waals surface area contributed by atoms with Gasteiger partial charge in [-0.2, -0.15) is 13.2 Å². The maximum absolute atomic E-state index is 12.3. The van der Waals surface area contributed by atoms with Crippen molar-refractivity contribution in [2.75, 3.05) is 19.7 Å². The van der Waals surface area contributed by atoms with Gasteiger partial charge in [0.1, 0.15) is 12.4 Å². The molecule has 1 saturated heterocycles.